The van der Waals surface area contributed by atoms with Crippen molar-refractivity contribution < 1.29 is 13.6 Å². The van der Waals surface area contributed by atoms with Crippen molar-refractivity contribution >= 4 is 17.4 Å². The van der Waals surface area contributed by atoms with E-state index in [4.69, 9.17) is 11.6 Å². The van der Waals surface area contributed by atoms with Gasteiger partial charge in [0, 0.05) is 10.6 Å². The minimum absolute atomic E-state index is 0.164. The molecule has 0 aromatic heterocycles. The SMILES string of the molecule is Cc1cc(F)c(C(=O)c2cccc(Cl)c2C)cc1F. The molecular weight excluding hydrogens is 270 g/mol. The molecule has 2 aromatic carbocycles. The van der Waals surface area contributed by atoms with Gasteiger partial charge in [0.2, 0.25) is 0 Å². The molecular formula is C15H11ClF2O. The van der Waals surface area contributed by atoms with Crippen LogP contribution >= 0.6 is 11.6 Å². The molecule has 0 saturated heterocycles. The van der Waals surface area contributed by atoms with Gasteiger partial charge in [0.05, 0.1) is 5.56 Å². The molecule has 0 N–H and O–H groups in total. The summed E-state index contributed by atoms with van der Waals surface area (Å²) in [7, 11) is 0. The minimum atomic E-state index is -0.733. The summed E-state index contributed by atoms with van der Waals surface area (Å²) in [5.41, 5.74) is 0.703. The number of carbonyl (C=O) groups is 1. The highest BCUT2D eigenvalue weighted by atomic mass is 35.5. The van der Waals surface area contributed by atoms with E-state index in [1.807, 2.05) is 0 Å². The molecule has 0 bridgehead atoms. The molecule has 0 spiro atoms. The predicted octanol–water partition coefficient (Wildman–Crippen LogP) is 4.47. The summed E-state index contributed by atoms with van der Waals surface area (Å²) in [4.78, 5) is 12.2. The number of benzene rings is 2. The van der Waals surface area contributed by atoms with Gasteiger partial charge >= 0.3 is 0 Å². The Hall–Kier alpha value is -1.74. The molecule has 0 aliphatic carbocycles. The predicted molar refractivity (Wildman–Crippen MR) is 70.7 cm³/mol. The first-order valence-corrected chi connectivity index (χ1v) is 6.05. The molecule has 0 saturated carbocycles. The zero-order valence-electron chi connectivity index (χ0n) is 10.4. The number of hydrogen-bond acceptors (Lipinski definition) is 1. The molecule has 0 radical (unpaired) electrons. The van der Waals surface area contributed by atoms with Gasteiger partial charge in [-0.25, -0.2) is 8.78 Å². The first-order valence-electron chi connectivity index (χ1n) is 5.67. The van der Waals surface area contributed by atoms with Crippen molar-refractivity contribution in [3.8, 4) is 0 Å². The molecule has 0 amide bonds. The normalized spacial score (nSPS) is 10.6. The number of carbonyl (C=O) groups excluding carboxylic acids is 1. The lowest BCUT2D eigenvalue weighted by Gasteiger charge is -2.08. The number of rotatable bonds is 2. The van der Waals surface area contributed by atoms with Crippen LogP contribution in [0.5, 0.6) is 0 Å². The second kappa shape index (κ2) is 5.10. The van der Waals surface area contributed by atoms with Crippen LogP contribution in [0.1, 0.15) is 27.0 Å². The Bertz CT molecular complexity index is 665. The van der Waals surface area contributed by atoms with Crippen molar-refractivity contribution in [2.24, 2.45) is 0 Å². The van der Waals surface area contributed by atoms with Gasteiger partial charge < -0.3 is 0 Å². The third kappa shape index (κ3) is 2.51. The maximum absolute atomic E-state index is 13.8. The van der Waals surface area contributed by atoms with Crippen LogP contribution in [-0.4, -0.2) is 5.78 Å². The highest BCUT2D eigenvalue weighted by Gasteiger charge is 2.18. The lowest BCUT2D eigenvalue weighted by molar-refractivity contribution is 0.103. The first-order chi connectivity index (χ1) is 8.91. The van der Waals surface area contributed by atoms with Crippen molar-refractivity contribution in [2.45, 2.75) is 13.8 Å². The van der Waals surface area contributed by atoms with Crippen LogP contribution in [0.3, 0.4) is 0 Å². The van der Waals surface area contributed by atoms with E-state index in [0.717, 1.165) is 12.1 Å². The quantitative estimate of drug-likeness (QED) is 0.742. The van der Waals surface area contributed by atoms with E-state index in [9.17, 15) is 13.6 Å². The summed E-state index contributed by atoms with van der Waals surface area (Å²) >= 11 is 5.92. The molecule has 19 heavy (non-hydrogen) atoms. The Kier molecular flexibility index (Phi) is 3.67. The smallest absolute Gasteiger partial charge is 0.196 e. The monoisotopic (exact) mass is 280 g/mol. The third-order valence-electron chi connectivity index (χ3n) is 3.01. The van der Waals surface area contributed by atoms with Gasteiger partial charge in [0.1, 0.15) is 11.6 Å². The van der Waals surface area contributed by atoms with Crippen LogP contribution in [0.25, 0.3) is 0 Å². The van der Waals surface area contributed by atoms with Gasteiger partial charge in [-0.2, -0.15) is 0 Å². The maximum atomic E-state index is 13.8. The Morgan fingerprint density at radius 1 is 1.05 bits per heavy atom. The highest BCUT2D eigenvalue weighted by Crippen LogP contribution is 2.23. The van der Waals surface area contributed by atoms with Crippen LogP contribution in [-0.2, 0) is 0 Å². The minimum Gasteiger partial charge on any atom is -0.288 e. The van der Waals surface area contributed by atoms with E-state index >= 15 is 0 Å². The van der Waals surface area contributed by atoms with Crippen molar-refractivity contribution in [1.82, 2.24) is 0 Å². The van der Waals surface area contributed by atoms with E-state index in [1.54, 1.807) is 25.1 Å². The lowest BCUT2D eigenvalue weighted by Crippen LogP contribution is -2.08. The zero-order chi connectivity index (χ0) is 14.2. The average molecular weight is 281 g/mol. The Morgan fingerprint density at radius 3 is 2.42 bits per heavy atom. The fraction of sp³-hybridized carbons (Fsp3) is 0.133. The van der Waals surface area contributed by atoms with E-state index in [-0.39, 0.29) is 16.7 Å². The van der Waals surface area contributed by atoms with E-state index in [0.29, 0.717) is 10.6 Å². The summed E-state index contributed by atoms with van der Waals surface area (Å²) in [6, 6.07) is 6.72. The fourth-order valence-corrected chi connectivity index (χ4v) is 1.99. The maximum Gasteiger partial charge on any atom is 0.196 e. The van der Waals surface area contributed by atoms with Crippen LogP contribution in [0.4, 0.5) is 8.78 Å². The number of ketones is 1. The van der Waals surface area contributed by atoms with Gasteiger partial charge in [0.15, 0.2) is 5.78 Å². The van der Waals surface area contributed by atoms with Gasteiger partial charge in [0.25, 0.3) is 0 Å². The fourth-order valence-electron chi connectivity index (χ4n) is 1.82. The second-order valence-corrected chi connectivity index (χ2v) is 4.73. The van der Waals surface area contributed by atoms with Crippen LogP contribution in [0, 0.1) is 25.5 Å². The summed E-state index contributed by atoms with van der Waals surface area (Å²) in [5.74, 6) is -1.91. The number of hydrogen-bond donors (Lipinski definition) is 0. The Balaban J connectivity index is 2.56. The molecule has 0 aliphatic heterocycles. The molecule has 0 unspecified atom stereocenters. The number of aryl methyl sites for hydroxylation is 1. The Morgan fingerprint density at radius 2 is 1.74 bits per heavy atom. The molecule has 0 atom stereocenters. The average Bonchev–Trinajstić information content (AvgIpc) is 2.36. The van der Waals surface area contributed by atoms with Crippen molar-refractivity contribution in [3.63, 3.8) is 0 Å². The summed E-state index contributed by atoms with van der Waals surface area (Å²) in [6.45, 7) is 3.11. The van der Waals surface area contributed by atoms with E-state index < -0.39 is 17.4 Å². The standard InChI is InChI=1S/C15H11ClF2O/c1-8-6-14(18)11(7-13(8)17)15(19)10-4-3-5-12(16)9(10)2/h3-7H,1-2H3. The molecule has 0 aliphatic rings. The summed E-state index contributed by atoms with van der Waals surface area (Å²) in [5, 5.41) is 0.416. The molecule has 98 valence electrons. The van der Waals surface area contributed by atoms with Crippen molar-refractivity contribution in [2.75, 3.05) is 0 Å². The van der Waals surface area contributed by atoms with Gasteiger partial charge in [-0.15, -0.1) is 0 Å². The number of halogens is 3. The van der Waals surface area contributed by atoms with Crippen LogP contribution in [0.15, 0.2) is 30.3 Å². The van der Waals surface area contributed by atoms with Gasteiger partial charge in [-0.3, -0.25) is 4.79 Å². The third-order valence-corrected chi connectivity index (χ3v) is 3.41. The summed E-state index contributed by atoms with van der Waals surface area (Å²) < 4.78 is 27.2. The van der Waals surface area contributed by atoms with Gasteiger partial charge in [-0.1, -0.05) is 23.7 Å². The van der Waals surface area contributed by atoms with Crippen LogP contribution in [0.2, 0.25) is 5.02 Å². The van der Waals surface area contributed by atoms with Crippen LogP contribution < -0.4 is 0 Å². The Labute approximate surface area is 114 Å². The van der Waals surface area contributed by atoms with Gasteiger partial charge in [-0.05, 0) is 43.2 Å². The topological polar surface area (TPSA) is 17.1 Å². The van der Waals surface area contributed by atoms with E-state index in [2.05, 4.69) is 0 Å². The second-order valence-electron chi connectivity index (χ2n) is 4.32. The van der Waals surface area contributed by atoms with E-state index in [1.165, 1.54) is 6.92 Å². The highest BCUT2D eigenvalue weighted by molar-refractivity contribution is 6.32. The molecule has 0 heterocycles. The lowest BCUT2D eigenvalue weighted by atomic mass is 9.98. The molecule has 4 heteroatoms. The summed E-state index contributed by atoms with van der Waals surface area (Å²) in [6.07, 6.45) is 0. The molecule has 2 rings (SSSR count). The molecule has 0 fully saturated rings. The molecule has 1 nitrogen and oxygen atoms in total. The first kappa shape index (κ1) is 13.7. The largest absolute Gasteiger partial charge is 0.288 e. The van der Waals surface area contributed by atoms with Crippen molar-refractivity contribution in [1.29, 1.82) is 0 Å². The van der Waals surface area contributed by atoms with Crippen molar-refractivity contribution in [3.05, 3.63) is 69.2 Å². The molecule has 2 aromatic rings. The zero-order valence-corrected chi connectivity index (χ0v) is 11.2.